The molecule has 1 amide bonds. The maximum Gasteiger partial charge on any atom is 0.336 e. The van der Waals surface area contributed by atoms with Gasteiger partial charge in [0.2, 0.25) is 0 Å². The van der Waals surface area contributed by atoms with E-state index in [0.29, 0.717) is 4.90 Å². The van der Waals surface area contributed by atoms with E-state index in [4.69, 9.17) is 5.11 Å². The van der Waals surface area contributed by atoms with E-state index in [0.717, 1.165) is 17.3 Å². The highest BCUT2D eigenvalue weighted by Crippen LogP contribution is 2.25. The molecule has 0 aliphatic rings. The maximum atomic E-state index is 11.8. The van der Waals surface area contributed by atoms with Crippen LogP contribution < -0.4 is 10.9 Å². The van der Waals surface area contributed by atoms with Crippen LogP contribution in [0.5, 0.6) is 0 Å². The third-order valence-corrected chi connectivity index (χ3v) is 3.11. The van der Waals surface area contributed by atoms with E-state index in [1.54, 1.807) is 26.2 Å². The number of hydrazine groups is 2. The molecular formula is C11H15N3O3S. The quantitative estimate of drug-likeness (QED) is 0.567. The van der Waals surface area contributed by atoms with Crippen LogP contribution in [-0.2, 0) is 0 Å². The summed E-state index contributed by atoms with van der Waals surface area (Å²) in [5.41, 5.74) is 6.29. The number of aromatic carboxylic acids is 1. The standard InChI is InChI=1S/C11H15N3O3S/c1-7-4-5-8(10(15)16)9(6-7)18-11(17)14(12-2)13-3/h4-6,12-13H,1-3H3,(H,15,16). The van der Waals surface area contributed by atoms with Crippen LogP contribution in [-0.4, -0.2) is 35.5 Å². The molecule has 3 N–H and O–H groups in total. The van der Waals surface area contributed by atoms with E-state index in [1.165, 1.54) is 11.2 Å². The van der Waals surface area contributed by atoms with E-state index < -0.39 is 5.97 Å². The Morgan fingerprint density at radius 3 is 2.39 bits per heavy atom. The predicted octanol–water partition coefficient (Wildman–Crippen LogP) is 1.48. The first-order chi connectivity index (χ1) is 8.49. The number of hydrogen-bond acceptors (Lipinski definition) is 5. The number of carbonyl (C=O) groups is 2. The second-order valence-electron chi connectivity index (χ2n) is 3.46. The van der Waals surface area contributed by atoms with Crippen LogP contribution in [0.3, 0.4) is 0 Å². The second kappa shape index (κ2) is 6.39. The summed E-state index contributed by atoms with van der Waals surface area (Å²) in [5, 5.41) is 9.88. The van der Waals surface area contributed by atoms with Crippen LogP contribution >= 0.6 is 11.8 Å². The number of amides is 1. The van der Waals surface area contributed by atoms with Gasteiger partial charge in [0, 0.05) is 19.0 Å². The molecule has 98 valence electrons. The largest absolute Gasteiger partial charge is 0.478 e. The molecule has 7 heteroatoms. The number of hydrogen-bond donors (Lipinski definition) is 3. The van der Waals surface area contributed by atoms with Crippen molar-refractivity contribution < 1.29 is 14.7 Å². The van der Waals surface area contributed by atoms with E-state index in [1.807, 2.05) is 6.92 Å². The number of carboxylic acid groups (broad SMARTS) is 1. The lowest BCUT2D eigenvalue weighted by atomic mass is 10.1. The highest BCUT2D eigenvalue weighted by molar-refractivity contribution is 8.13. The lowest BCUT2D eigenvalue weighted by Gasteiger charge is -2.19. The van der Waals surface area contributed by atoms with Gasteiger partial charge in [-0.2, -0.15) is 5.12 Å². The molecule has 6 nitrogen and oxygen atoms in total. The van der Waals surface area contributed by atoms with Crippen molar-refractivity contribution in [3.05, 3.63) is 29.3 Å². The third-order valence-electron chi connectivity index (χ3n) is 2.19. The highest BCUT2D eigenvalue weighted by Gasteiger charge is 2.17. The van der Waals surface area contributed by atoms with Crippen molar-refractivity contribution in [2.75, 3.05) is 14.1 Å². The summed E-state index contributed by atoms with van der Waals surface area (Å²) in [6.45, 7) is 1.84. The molecule has 0 aliphatic heterocycles. The minimum atomic E-state index is -1.05. The summed E-state index contributed by atoms with van der Waals surface area (Å²) in [7, 11) is 3.17. The summed E-state index contributed by atoms with van der Waals surface area (Å²) < 4.78 is 0. The van der Waals surface area contributed by atoms with Gasteiger partial charge in [-0.1, -0.05) is 6.07 Å². The van der Waals surface area contributed by atoms with Gasteiger partial charge in [0.05, 0.1) is 5.56 Å². The molecule has 1 aromatic carbocycles. The van der Waals surface area contributed by atoms with Crippen molar-refractivity contribution in [3.63, 3.8) is 0 Å². The van der Waals surface area contributed by atoms with Gasteiger partial charge in [0.1, 0.15) is 0 Å². The first-order valence-electron chi connectivity index (χ1n) is 5.20. The Bertz CT molecular complexity index is 461. The Kier molecular flexibility index (Phi) is 5.14. The normalized spacial score (nSPS) is 10.2. The molecule has 0 heterocycles. The number of thioether (sulfide) groups is 1. The SMILES string of the molecule is CNN(NC)C(=O)Sc1cc(C)ccc1C(=O)O. The fraction of sp³-hybridized carbons (Fsp3) is 0.273. The Labute approximate surface area is 109 Å². The zero-order valence-electron chi connectivity index (χ0n) is 10.4. The van der Waals surface area contributed by atoms with Crippen molar-refractivity contribution in [2.45, 2.75) is 11.8 Å². The summed E-state index contributed by atoms with van der Waals surface area (Å²) >= 11 is 0.851. The number of carbonyl (C=O) groups excluding carboxylic acids is 1. The van der Waals surface area contributed by atoms with Gasteiger partial charge in [-0.05, 0) is 36.4 Å². The van der Waals surface area contributed by atoms with Crippen LogP contribution in [0, 0.1) is 6.92 Å². The third kappa shape index (κ3) is 3.46. The zero-order valence-corrected chi connectivity index (χ0v) is 11.2. The molecule has 0 fully saturated rings. The maximum absolute atomic E-state index is 11.8. The van der Waals surface area contributed by atoms with E-state index in [2.05, 4.69) is 10.9 Å². The average Bonchev–Trinajstić information content (AvgIpc) is 2.30. The van der Waals surface area contributed by atoms with Gasteiger partial charge >= 0.3 is 11.2 Å². The average molecular weight is 269 g/mol. The molecule has 0 aliphatic carbocycles. The van der Waals surface area contributed by atoms with Gasteiger partial charge in [-0.15, -0.1) is 0 Å². The zero-order chi connectivity index (χ0) is 13.7. The molecule has 0 aromatic heterocycles. The minimum absolute atomic E-state index is 0.117. The smallest absolute Gasteiger partial charge is 0.336 e. The van der Waals surface area contributed by atoms with Crippen molar-refractivity contribution in [1.82, 2.24) is 16.0 Å². The van der Waals surface area contributed by atoms with Gasteiger partial charge in [-0.3, -0.25) is 4.79 Å². The molecule has 0 saturated heterocycles. The van der Waals surface area contributed by atoms with Gasteiger partial charge in [-0.25, -0.2) is 15.6 Å². The van der Waals surface area contributed by atoms with Crippen molar-refractivity contribution >= 4 is 23.0 Å². The van der Waals surface area contributed by atoms with Crippen molar-refractivity contribution in [2.24, 2.45) is 0 Å². The molecule has 0 bridgehead atoms. The highest BCUT2D eigenvalue weighted by atomic mass is 32.2. The fourth-order valence-electron chi connectivity index (χ4n) is 1.32. The summed E-state index contributed by atoms with van der Waals surface area (Å²) in [5.74, 6) is -1.05. The van der Waals surface area contributed by atoms with Crippen LogP contribution in [0.25, 0.3) is 0 Å². The van der Waals surface area contributed by atoms with Crippen LogP contribution in [0.4, 0.5) is 4.79 Å². The number of benzene rings is 1. The number of aryl methyl sites for hydroxylation is 1. The van der Waals surface area contributed by atoms with Crippen molar-refractivity contribution in [1.29, 1.82) is 0 Å². The lowest BCUT2D eigenvalue weighted by Crippen LogP contribution is -2.46. The topological polar surface area (TPSA) is 81.7 Å². The molecule has 0 atom stereocenters. The fourth-order valence-corrected chi connectivity index (χ4v) is 2.30. The number of carboxylic acids is 1. The second-order valence-corrected chi connectivity index (χ2v) is 4.45. The molecule has 1 rings (SSSR count). The lowest BCUT2D eigenvalue weighted by molar-refractivity contribution is 0.0693. The first-order valence-corrected chi connectivity index (χ1v) is 6.02. The Morgan fingerprint density at radius 2 is 1.89 bits per heavy atom. The van der Waals surface area contributed by atoms with E-state index in [-0.39, 0.29) is 10.8 Å². The number of nitrogens with one attached hydrogen (secondary N) is 2. The monoisotopic (exact) mass is 269 g/mol. The number of nitrogens with zero attached hydrogens (tertiary/aromatic N) is 1. The molecule has 0 spiro atoms. The van der Waals surface area contributed by atoms with Crippen LogP contribution in [0.2, 0.25) is 0 Å². The van der Waals surface area contributed by atoms with E-state index >= 15 is 0 Å². The molecule has 0 unspecified atom stereocenters. The minimum Gasteiger partial charge on any atom is -0.478 e. The molecule has 18 heavy (non-hydrogen) atoms. The van der Waals surface area contributed by atoms with Crippen LogP contribution in [0.15, 0.2) is 23.1 Å². The molecule has 0 radical (unpaired) electrons. The van der Waals surface area contributed by atoms with Gasteiger partial charge in [0.25, 0.3) is 0 Å². The molecule has 1 aromatic rings. The number of rotatable bonds is 4. The van der Waals surface area contributed by atoms with Crippen LogP contribution in [0.1, 0.15) is 15.9 Å². The Morgan fingerprint density at radius 1 is 1.28 bits per heavy atom. The van der Waals surface area contributed by atoms with E-state index in [9.17, 15) is 9.59 Å². The van der Waals surface area contributed by atoms with Gasteiger partial charge < -0.3 is 5.11 Å². The summed E-state index contributed by atoms with van der Waals surface area (Å²) in [4.78, 5) is 23.3. The van der Waals surface area contributed by atoms with Crippen molar-refractivity contribution in [3.8, 4) is 0 Å². The first kappa shape index (κ1) is 14.5. The molecule has 0 saturated carbocycles. The summed E-state index contributed by atoms with van der Waals surface area (Å²) in [6, 6.07) is 4.87. The Hall–Kier alpha value is -1.57. The predicted molar refractivity (Wildman–Crippen MR) is 69.3 cm³/mol. The Balaban J connectivity index is 2.99. The molecular weight excluding hydrogens is 254 g/mol. The summed E-state index contributed by atoms with van der Waals surface area (Å²) in [6.07, 6.45) is 0. The van der Waals surface area contributed by atoms with Gasteiger partial charge in [0.15, 0.2) is 0 Å².